The lowest BCUT2D eigenvalue weighted by molar-refractivity contribution is -0.168. The van der Waals surface area contributed by atoms with E-state index in [4.69, 9.17) is 0 Å². The molecule has 2 aromatic heterocycles. The summed E-state index contributed by atoms with van der Waals surface area (Å²) in [4.78, 5) is 27.4. The highest BCUT2D eigenvalue weighted by atomic mass is 19.4. The van der Waals surface area contributed by atoms with Gasteiger partial charge >= 0.3 is 12.2 Å². The zero-order valence-electron chi connectivity index (χ0n) is 21.4. The molecule has 6 rings (SSSR count). The molecule has 5 heterocycles. The van der Waals surface area contributed by atoms with Crippen molar-refractivity contribution in [1.29, 1.82) is 0 Å². The quantitative estimate of drug-likeness (QED) is 0.587. The average molecular weight is 518 g/mol. The molecule has 4 fully saturated rings. The van der Waals surface area contributed by atoms with Crippen LogP contribution in [0.1, 0.15) is 68.8 Å². The number of carbonyl (C=O) groups is 1. The van der Waals surface area contributed by atoms with Gasteiger partial charge in [-0.3, -0.25) is 0 Å². The third-order valence-corrected chi connectivity index (χ3v) is 8.98. The van der Waals surface area contributed by atoms with Crippen molar-refractivity contribution >= 4 is 11.8 Å². The van der Waals surface area contributed by atoms with Gasteiger partial charge in [0.15, 0.2) is 5.82 Å². The summed E-state index contributed by atoms with van der Waals surface area (Å²) in [7, 11) is 0. The molecule has 3 saturated heterocycles. The molecule has 0 radical (unpaired) electrons. The van der Waals surface area contributed by atoms with Gasteiger partial charge in [0, 0.05) is 62.7 Å². The molecule has 0 aromatic carbocycles. The Morgan fingerprint density at radius 3 is 2.51 bits per heavy atom. The van der Waals surface area contributed by atoms with Gasteiger partial charge in [-0.15, -0.1) is 0 Å². The Bertz CT molecular complexity index is 1130. The SMILES string of the molecule is CCC(C)c1ncn(C2CC3(C2)CN(C(=O)N2CC(c4ccc(N5CC[C@@H](C(F)(F)F)C5)nc4)C2)C3)n1. The molecule has 200 valence electrons. The Morgan fingerprint density at radius 1 is 1.14 bits per heavy atom. The van der Waals surface area contributed by atoms with E-state index >= 15 is 0 Å². The lowest BCUT2D eigenvalue weighted by atomic mass is 9.61. The summed E-state index contributed by atoms with van der Waals surface area (Å²) in [6.45, 7) is 7.56. The second-order valence-electron chi connectivity index (χ2n) is 11.6. The predicted octanol–water partition coefficient (Wildman–Crippen LogP) is 4.43. The largest absolute Gasteiger partial charge is 0.393 e. The average Bonchev–Trinajstić information content (AvgIpc) is 3.46. The third-order valence-electron chi connectivity index (χ3n) is 8.98. The van der Waals surface area contributed by atoms with E-state index in [-0.39, 0.29) is 30.3 Å². The lowest BCUT2D eigenvalue weighted by Gasteiger charge is -2.60. The number of likely N-dealkylation sites (tertiary alicyclic amines) is 2. The molecule has 37 heavy (non-hydrogen) atoms. The summed E-state index contributed by atoms with van der Waals surface area (Å²) in [6, 6.07) is 4.24. The molecule has 4 aliphatic rings. The van der Waals surface area contributed by atoms with Crippen LogP contribution in [0.3, 0.4) is 0 Å². The van der Waals surface area contributed by atoms with Crippen molar-refractivity contribution < 1.29 is 18.0 Å². The fourth-order valence-electron chi connectivity index (χ4n) is 6.26. The zero-order valence-corrected chi connectivity index (χ0v) is 21.4. The maximum absolute atomic E-state index is 13.0. The molecule has 8 nitrogen and oxygen atoms in total. The number of aromatic nitrogens is 4. The Labute approximate surface area is 214 Å². The number of hydrogen-bond acceptors (Lipinski definition) is 5. The van der Waals surface area contributed by atoms with Gasteiger partial charge in [0.1, 0.15) is 12.1 Å². The number of halogens is 3. The summed E-state index contributed by atoms with van der Waals surface area (Å²) in [6.07, 6.45) is 2.69. The summed E-state index contributed by atoms with van der Waals surface area (Å²) in [5, 5.41) is 4.67. The fraction of sp³-hybridized carbons (Fsp3) is 0.692. The van der Waals surface area contributed by atoms with E-state index in [2.05, 4.69) is 28.9 Å². The number of nitrogens with zero attached hydrogens (tertiary/aromatic N) is 7. The van der Waals surface area contributed by atoms with E-state index in [1.54, 1.807) is 11.1 Å². The number of pyridine rings is 1. The number of alkyl halides is 3. The minimum atomic E-state index is -4.15. The van der Waals surface area contributed by atoms with Crippen LogP contribution in [0, 0.1) is 11.3 Å². The highest BCUT2D eigenvalue weighted by Crippen LogP contribution is 2.54. The predicted molar refractivity (Wildman–Crippen MR) is 131 cm³/mol. The van der Waals surface area contributed by atoms with Gasteiger partial charge in [-0.05, 0) is 37.3 Å². The molecule has 1 aliphatic carbocycles. The van der Waals surface area contributed by atoms with Crippen molar-refractivity contribution in [2.45, 2.75) is 63.6 Å². The van der Waals surface area contributed by atoms with Crippen LogP contribution in [0.4, 0.5) is 23.8 Å². The van der Waals surface area contributed by atoms with Crippen LogP contribution in [0.15, 0.2) is 24.7 Å². The van der Waals surface area contributed by atoms with Gasteiger partial charge in [-0.25, -0.2) is 19.4 Å². The van der Waals surface area contributed by atoms with Gasteiger partial charge in [0.25, 0.3) is 0 Å². The minimum absolute atomic E-state index is 0.0302. The molecule has 2 atom stereocenters. The molecule has 11 heteroatoms. The van der Waals surface area contributed by atoms with Crippen LogP contribution in [0.5, 0.6) is 0 Å². The van der Waals surface area contributed by atoms with E-state index in [9.17, 15) is 18.0 Å². The molecule has 1 saturated carbocycles. The number of amides is 2. The molecule has 0 bridgehead atoms. The van der Waals surface area contributed by atoms with Gasteiger partial charge < -0.3 is 14.7 Å². The number of rotatable bonds is 5. The van der Waals surface area contributed by atoms with Gasteiger partial charge in [-0.1, -0.05) is 19.9 Å². The Balaban J connectivity index is 0.945. The summed E-state index contributed by atoms with van der Waals surface area (Å²) >= 11 is 0. The monoisotopic (exact) mass is 517 g/mol. The normalized spacial score (nSPS) is 24.7. The Hall–Kier alpha value is -2.85. The van der Waals surface area contributed by atoms with Crippen molar-refractivity contribution in [3.8, 4) is 0 Å². The topological polar surface area (TPSA) is 70.4 Å². The van der Waals surface area contributed by atoms with Gasteiger partial charge in [-0.2, -0.15) is 18.3 Å². The molecule has 2 amide bonds. The zero-order chi connectivity index (χ0) is 25.9. The van der Waals surface area contributed by atoms with E-state index in [0.717, 1.165) is 43.7 Å². The van der Waals surface area contributed by atoms with E-state index < -0.39 is 12.1 Å². The maximum atomic E-state index is 13.0. The number of hydrogen-bond donors (Lipinski definition) is 0. The van der Waals surface area contributed by atoms with Crippen LogP contribution < -0.4 is 4.90 Å². The maximum Gasteiger partial charge on any atom is 0.393 e. The van der Waals surface area contributed by atoms with Crippen molar-refractivity contribution in [2.24, 2.45) is 11.3 Å². The van der Waals surface area contributed by atoms with Crippen molar-refractivity contribution in [1.82, 2.24) is 29.5 Å². The lowest BCUT2D eigenvalue weighted by Crippen LogP contribution is -2.67. The smallest absolute Gasteiger partial charge is 0.356 e. The van der Waals surface area contributed by atoms with Crippen molar-refractivity contribution in [3.05, 3.63) is 36.0 Å². The van der Waals surface area contributed by atoms with Crippen molar-refractivity contribution in [2.75, 3.05) is 44.2 Å². The highest BCUT2D eigenvalue weighted by molar-refractivity contribution is 5.77. The van der Waals surface area contributed by atoms with E-state index in [1.165, 1.54) is 0 Å². The first-order valence-corrected chi connectivity index (χ1v) is 13.4. The Kier molecular flexibility index (Phi) is 5.87. The van der Waals surface area contributed by atoms with Gasteiger partial charge in [0.05, 0.1) is 12.0 Å². The van der Waals surface area contributed by atoms with Crippen LogP contribution in [0.2, 0.25) is 0 Å². The molecular weight excluding hydrogens is 483 g/mol. The molecule has 1 unspecified atom stereocenters. The summed E-state index contributed by atoms with van der Waals surface area (Å²) in [5.74, 6) is 0.822. The minimum Gasteiger partial charge on any atom is -0.356 e. The molecular formula is C26H34F3N7O. The molecule has 3 aliphatic heterocycles. The van der Waals surface area contributed by atoms with Crippen LogP contribution in [0.25, 0.3) is 0 Å². The first-order valence-electron chi connectivity index (χ1n) is 13.4. The van der Waals surface area contributed by atoms with Crippen molar-refractivity contribution in [3.63, 3.8) is 0 Å². The first-order chi connectivity index (χ1) is 17.6. The second-order valence-corrected chi connectivity index (χ2v) is 11.6. The van der Waals surface area contributed by atoms with Crippen LogP contribution in [-0.4, -0.2) is 81.0 Å². The third kappa shape index (κ3) is 4.44. The molecule has 0 N–H and O–H groups in total. The van der Waals surface area contributed by atoms with E-state index in [0.29, 0.717) is 37.4 Å². The first kappa shape index (κ1) is 24.5. The number of carbonyl (C=O) groups excluding carboxylic acids is 1. The number of urea groups is 1. The molecule has 2 aromatic rings. The Morgan fingerprint density at radius 2 is 1.89 bits per heavy atom. The van der Waals surface area contributed by atoms with Crippen LogP contribution >= 0.6 is 0 Å². The standard InChI is InChI=1S/C26H34F3N7O/c1-3-17(2)23-31-16-36(32-23)21-8-25(9-21)14-35(15-25)24(37)34-11-19(12-34)18-4-5-22(30-10-18)33-7-6-20(13-33)26(27,28)29/h4-5,10,16-17,19-21H,3,6-9,11-15H2,1-2H3/t17?,20-/m1/s1. The number of anilines is 1. The van der Waals surface area contributed by atoms with E-state index in [1.807, 2.05) is 32.9 Å². The molecule has 1 spiro atoms. The van der Waals surface area contributed by atoms with Gasteiger partial charge in [0.2, 0.25) is 0 Å². The second kappa shape index (κ2) is 8.87. The summed E-state index contributed by atoms with van der Waals surface area (Å²) in [5.41, 5.74) is 1.26. The fourth-order valence-corrected chi connectivity index (χ4v) is 6.26. The summed E-state index contributed by atoms with van der Waals surface area (Å²) < 4.78 is 40.9. The highest BCUT2D eigenvalue weighted by Gasteiger charge is 2.55. The van der Waals surface area contributed by atoms with Crippen LogP contribution in [-0.2, 0) is 0 Å².